The van der Waals surface area contributed by atoms with Crippen LogP contribution < -0.4 is 9.64 Å². The summed E-state index contributed by atoms with van der Waals surface area (Å²) in [5.41, 5.74) is 3.96. The van der Waals surface area contributed by atoms with Crippen LogP contribution in [-0.2, 0) is 24.1 Å². The molecule has 0 aliphatic heterocycles. The summed E-state index contributed by atoms with van der Waals surface area (Å²) >= 11 is 0. The van der Waals surface area contributed by atoms with E-state index < -0.39 is 0 Å². The van der Waals surface area contributed by atoms with Gasteiger partial charge in [-0.25, -0.2) is 9.97 Å². The molecule has 0 saturated carbocycles. The third kappa shape index (κ3) is 4.26. The highest BCUT2D eigenvalue weighted by atomic mass is 16.5. The predicted octanol–water partition coefficient (Wildman–Crippen LogP) is 3.28. The molecule has 148 valence electrons. The average molecular weight is 388 g/mol. The molecule has 4 rings (SSSR count). The van der Waals surface area contributed by atoms with Crippen LogP contribution in [-0.4, -0.2) is 41.4 Å². The molecule has 0 spiro atoms. The van der Waals surface area contributed by atoms with Gasteiger partial charge in [-0.1, -0.05) is 18.2 Å². The van der Waals surface area contributed by atoms with Gasteiger partial charge < -0.3 is 9.64 Å². The summed E-state index contributed by atoms with van der Waals surface area (Å²) in [6.45, 7) is 0.303. The first-order valence-electron chi connectivity index (χ1n) is 9.81. The molecule has 6 heteroatoms. The van der Waals surface area contributed by atoms with Crippen LogP contribution in [0.4, 0.5) is 5.82 Å². The number of likely N-dealkylation sites (N-methyl/N-ethyl adjacent to an activating group) is 1. The summed E-state index contributed by atoms with van der Waals surface area (Å²) < 4.78 is 5.17. The van der Waals surface area contributed by atoms with E-state index in [1.807, 2.05) is 54.4 Å². The second-order valence-electron chi connectivity index (χ2n) is 7.28. The summed E-state index contributed by atoms with van der Waals surface area (Å²) in [5.74, 6) is 2.39. The van der Waals surface area contributed by atoms with E-state index in [2.05, 4.69) is 4.98 Å². The molecule has 3 aromatic rings. The molecular weight excluding hydrogens is 364 g/mol. The fourth-order valence-corrected chi connectivity index (χ4v) is 3.70. The minimum Gasteiger partial charge on any atom is -0.497 e. The van der Waals surface area contributed by atoms with Crippen LogP contribution in [0.15, 0.2) is 48.7 Å². The smallest absolute Gasteiger partial charge is 0.180 e. The Balaban J connectivity index is 1.53. The van der Waals surface area contributed by atoms with Gasteiger partial charge in [0.15, 0.2) is 11.6 Å². The Kier molecular flexibility index (Phi) is 5.51. The molecule has 2 heterocycles. The summed E-state index contributed by atoms with van der Waals surface area (Å²) in [6, 6.07) is 13.3. The highest BCUT2D eigenvalue weighted by Crippen LogP contribution is 2.30. The highest BCUT2D eigenvalue weighted by Gasteiger charge is 2.23. The van der Waals surface area contributed by atoms with Crippen molar-refractivity contribution in [1.29, 1.82) is 0 Å². The number of anilines is 1. The SMILES string of the molecule is COc1ccc(CC(=O)CN(C)c2nc(-c3ccccn3)nc3c2CCC3)cc1. The Morgan fingerprint density at radius 1 is 1.10 bits per heavy atom. The van der Waals surface area contributed by atoms with E-state index in [4.69, 9.17) is 14.7 Å². The number of aryl methyl sites for hydroxylation is 1. The van der Waals surface area contributed by atoms with Crippen LogP contribution in [0.5, 0.6) is 5.75 Å². The van der Waals surface area contributed by atoms with Gasteiger partial charge >= 0.3 is 0 Å². The molecule has 1 aliphatic carbocycles. The third-order valence-corrected chi connectivity index (χ3v) is 5.14. The topological polar surface area (TPSA) is 68.2 Å². The normalized spacial score (nSPS) is 12.5. The Labute approximate surface area is 170 Å². The van der Waals surface area contributed by atoms with Crippen molar-refractivity contribution in [3.05, 3.63) is 65.5 Å². The van der Waals surface area contributed by atoms with Gasteiger partial charge in [-0.2, -0.15) is 0 Å². The first-order chi connectivity index (χ1) is 14.1. The van der Waals surface area contributed by atoms with Crippen molar-refractivity contribution < 1.29 is 9.53 Å². The fraction of sp³-hybridized carbons (Fsp3) is 0.304. The summed E-state index contributed by atoms with van der Waals surface area (Å²) in [6.07, 6.45) is 5.08. The number of carbonyl (C=O) groups excluding carboxylic acids is 1. The van der Waals surface area contributed by atoms with Crippen molar-refractivity contribution in [3.63, 3.8) is 0 Å². The molecule has 1 aliphatic rings. The van der Waals surface area contributed by atoms with Gasteiger partial charge in [-0.05, 0) is 49.1 Å². The number of rotatable bonds is 7. The lowest BCUT2D eigenvalue weighted by molar-refractivity contribution is -0.117. The van der Waals surface area contributed by atoms with E-state index in [-0.39, 0.29) is 5.78 Å². The van der Waals surface area contributed by atoms with E-state index in [0.717, 1.165) is 53.3 Å². The number of methoxy groups -OCH3 is 1. The van der Waals surface area contributed by atoms with Gasteiger partial charge in [0.05, 0.1) is 13.7 Å². The van der Waals surface area contributed by atoms with Crippen molar-refractivity contribution in [2.24, 2.45) is 0 Å². The zero-order valence-corrected chi connectivity index (χ0v) is 16.8. The third-order valence-electron chi connectivity index (χ3n) is 5.14. The fourth-order valence-electron chi connectivity index (χ4n) is 3.70. The number of benzene rings is 1. The maximum absolute atomic E-state index is 12.7. The minimum absolute atomic E-state index is 0.141. The Morgan fingerprint density at radius 2 is 1.93 bits per heavy atom. The molecule has 0 unspecified atom stereocenters. The Morgan fingerprint density at radius 3 is 2.66 bits per heavy atom. The van der Waals surface area contributed by atoms with E-state index >= 15 is 0 Å². The predicted molar refractivity (Wildman–Crippen MR) is 112 cm³/mol. The van der Waals surface area contributed by atoms with Gasteiger partial charge in [0.2, 0.25) is 0 Å². The molecule has 6 nitrogen and oxygen atoms in total. The van der Waals surface area contributed by atoms with E-state index in [0.29, 0.717) is 18.8 Å². The molecule has 0 saturated heterocycles. The van der Waals surface area contributed by atoms with E-state index in [1.165, 1.54) is 0 Å². The quantitative estimate of drug-likeness (QED) is 0.619. The Hall–Kier alpha value is -3.28. The summed E-state index contributed by atoms with van der Waals surface area (Å²) in [4.78, 5) is 28.5. The first kappa shape index (κ1) is 19.1. The lowest BCUT2D eigenvalue weighted by atomic mass is 10.1. The molecule has 29 heavy (non-hydrogen) atoms. The second-order valence-corrected chi connectivity index (χ2v) is 7.28. The number of aromatic nitrogens is 3. The monoisotopic (exact) mass is 388 g/mol. The molecule has 0 atom stereocenters. The molecule has 1 aromatic carbocycles. The van der Waals surface area contributed by atoms with Crippen LogP contribution in [0.25, 0.3) is 11.5 Å². The van der Waals surface area contributed by atoms with Gasteiger partial charge in [-0.3, -0.25) is 9.78 Å². The molecule has 0 bridgehead atoms. The van der Waals surface area contributed by atoms with Crippen molar-refractivity contribution in [1.82, 2.24) is 15.0 Å². The van der Waals surface area contributed by atoms with E-state index in [1.54, 1.807) is 13.3 Å². The van der Waals surface area contributed by atoms with Gasteiger partial charge in [-0.15, -0.1) is 0 Å². The van der Waals surface area contributed by atoms with Crippen LogP contribution in [0.1, 0.15) is 23.2 Å². The van der Waals surface area contributed by atoms with Gasteiger partial charge in [0.1, 0.15) is 17.3 Å². The molecule has 2 aromatic heterocycles. The van der Waals surface area contributed by atoms with Crippen molar-refractivity contribution in [2.45, 2.75) is 25.7 Å². The number of carbonyl (C=O) groups is 1. The molecule has 0 radical (unpaired) electrons. The standard InChI is InChI=1S/C23H24N4O2/c1-27(15-17(28)14-16-9-11-18(29-2)12-10-16)23-19-6-5-8-20(19)25-22(26-23)21-7-3-4-13-24-21/h3-4,7,9-13H,5-6,8,14-15H2,1-2H3. The number of hydrogen-bond donors (Lipinski definition) is 0. The maximum Gasteiger partial charge on any atom is 0.180 e. The molecular formula is C23H24N4O2. The lowest BCUT2D eigenvalue weighted by Gasteiger charge is -2.21. The molecule has 0 amide bonds. The second kappa shape index (κ2) is 8.39. The van der Waals surface area contributed by atoms with Crippen LogP contribution in [0.3, 0.4) is 0 Å². The zero-order chi connectivity index (χ0) is 20.2. The zero-order valence-electron chi connectivity index (χ0n) is 16.8. The number of ketones is 1. The van der Waals surface area contributed by atoms with Crippen molar-refractivity contribution in [2.75, 3.05) is 25.6 Å². The minimum atomic E-state index is 0.141. The van der Waals surface area contributed by atoms with Crippen molar-refractivity contribution in [3.8, 4) is 17.3 Å². The van der Waals surface area contributed by atoms with Crippen molar-refractivity contribution >= 4 is 11.6 Å². The highest BCUT2D eigenvalue weighted by molar-refractivity contribution is 5.85. The number of ether oxygens (including phenoxy) is 1. The molecule has 0 N–H and O–H groups in total. The number of fused-ring (bicyclic) bond motifs is 1. The van der Waals surface area contributed by atoms with Gasteiger partial charge in [0, 0.05) is 30.9 Å². The average Bonchev–Trinajstić information content (AvgIpc) is 3.23. The van der Waals surface area contributed by atoms with Crippen LogP contribution in [0, 0.1) is 0 Å². The van der Waals surface area contributed by atoms with Crippen LogP contribution >= 0.6 is 0 Å². The first-order valence-corrected chi connectivity index (χ1v) is 9.81. The number of Topliss-reactive ketones (excluding diaryl/α,β-unsaturated/α-hetero) is 1. The largest absolute Gasteiger partial charge is 0.497 e. The Bertz CT molecular complexity index is 1000. The number of hydrogen-bond acceptors (Lipinski definition) is 6. The summed E-state index contributed by atoms with van der Waals surface area (Å²) in [5, 5.41) is 0. The maximum atomic E-state index is 12.7. The molecule has 0 fully saturated rings. The van der Waals surface area contributed by atoms with E-state index in [9.17, 15) is 4.79 Å². The lowest BCUT2D eigenvalue weighted by Crippen LogP contribution is -2.28. The van der Waals surface area contributed by atoms with Crippen LogP contribution in [0.2, 0.25) is 0 Å². The van der Waals surface area contributed by atoms with Gasteiger partial charge in [0.25, 0.3) is 0 Å². The summed E-state index contributed by atoms with van der Waals surface area (Å²) in [7, 11) is 3.56. The number of pyridine rings is 1. The number of nitrogens with zero attached hydrogens (tertiary/aromatic N) is 4.